The molecule has 0 bridgehead atoms. The van der Waals surface area contributed by atoms with Crippen molar-refractivity contribution in [3.05, 3.63) is 0 Å². The maximum absolute atomic E-state index is 10.7. The molecule has 0 saturated heterocycles. The molecule has 1 saturated carbocycles. The Hall–Kier alpha value is -0.570. The molecule has 15 heavy (non-hydrogen) atoms. The van der Waals surface area contributed by atoms with Gasteiger partial charge in [-0.25, -0.2) is 0 Å². The number of nitrogens with zero attached hydrogens (tertiary/aromatic N) is 1. The molecule has 1 N–H and O–H groups in total. The number of carbonyl (C=O) groups is 1. The largest absolute Gasteiger partial charge is 0.481 e. The molecule has 0 aromatic heterocycles. The van der Waals surface area contributed by atoms with E-state index in [-0.39, 0.29) is 12.5 Å². The van der Waals surface area contributed by atoms with Crippen LogP contribution in [-0.4, -0.2) is 34.6 Å². The second-order valence-corrected chi connectivity index (χ2v) is 4.57. The van der Waals surface area contributed by atoms with Gasteiger partial charge in [-0.3, -0.25) is 9.69 Å². The molecule has 3 nitrogen and oxygen atoms in total. The molecule has 0 aromatic carbocycles. The standard InChI is InChI=1S/C12H23NO2/c1-3-13(10(2)9-12(14)15)11-7-5-4-6-8-11/h10-11H,3-9H2,1-2H3,(H,14,15). The Kier molecular flexibility index (Phi) is 5.09. The molecule has 0 aromatic rings. The van der Waals surface area contributed by atoms with Crippen LogP contribution in [0.1, 0.15) is 52.4 Å². The topological polar surface area (TPSA) is 40.5 Å². The van der Waals surface area contributed by atoms with Crippen molar-refractivity contribution in [2.24, 2.45) is 0 Å². The average Bonchev–Trinajstić information content (AvgIpc) is 2.19. The van der Waals surface area contributed by atoms with Gasteiger partial charge in [0, 0.05) is 12.1 Å². The van der Waals surface area contributed by atoms with Crippen LogP contribution in [0.4, 0.5) is 0 Å². The van der Waals surface area contributed by atoms with Crippen LogP contribution in [0.3, 0.4) is 0 Å². The molecule has 1 rings (SSSR count). The van der Waals surface area contributed by atoms with E-state index in [1.165, 1.54) is 32.1 Å². The minimum atomic E-state index is -0.684. The highest BCUT2D eigenvalue weighted by Crippen LogP contribution is 2.24. The third-order valence-corrected chi connectivity index (χ3v) is 3.45. The van der Waals surface area contributed by atoms with Gasteiger partial charge < -0.3 is 5.11 Å². The first-order valence-corrected chi connectivity index (χ1v) is 6.12. The Bertz CT molecular complexity index is 200. The summed E-state index contributed by atoms with van der Waals surface area (Å²) >= 11 is 0. The number of aliphatic carboxylic acids is 1. The maximum Gasteiger partial charge on any atom is 0.304 e. The van der Waals surface area contributed by atoms with Crippen LogP contribution in [0.2, 0.25) is 0 Å². The van der Waals surface area contributed by atoms with Gasteiger partial charge in [0.1, 0.15) is 0 Å². The lowest BCUT2D eigenvalue weighted by Gasteiger charge is -2.37. The third-order valence-electron chi connectivity index (χ3n) is 3.45. The van der Waals surface area contributed by atoms with Gasteiger partial charge in [0.15, 0.2) is 0 Å². The van der Waals surface area contributed by atoms with Crippen molar-refractivity contribution >= 4 is 5.97 Å². The van der Waals surface area contributed by atoms with E-state index in [4.69, 9.17) is 5.11 Å². The molecular formula is C12H23NO2. The summed E-state index contributed by atoms with van der Waals surface area (Å²) in [6.45, 7) is 5.14. The van der Waals surface area contributed by atoms with Crippen LogP contribution in [0.5, 0.6) is 0 Å². The van der Waals surface area contributed by atoms with E-state index in [0.29, 0.717) is 6.04 Å². The Labute approximate surface area is 92.5 Å². The van der Waals surface area contributed by atoms with Gasteiger partial charge in [0.2, 0.25) is 0 Å². The zero-order valence-corrected chi connectivity index (χ0v) is 9.91. The fourth-order valence-corrected chi connectivity index (χ4v) is 2.71. The van der Waals surface area contributed by atoms with Crippen LogP contribution in [0, 0.1) is 0 Å². The van der Waals surface area contributed by atoms with Crippen molar-refractivity contribution in [1.29, 1.82) is 0 Å². The quantitative estimate of drug-likeness (QED) is 0.763. The molecule has 0 spiro atoms. The van der Waals surface area contributed by atoms with Gasteiger partial charge >= 0.3 is 5.97 Å². The zero-order chi connectivity index (χ0) is 11.3. The first kappa shape index (κ1) is 12.5. The van der Waals surface area contributed by atoms with Crippen molar-refractivity contribution < 1.29 is 9.90 Å². The molecule has 3 heteroatoms. The summed E-state index contributed by atoms with van der Waals surface area (Å²) in [6, 6.07) is 0.800. The Morgan fingerprint density at radius 3 is 2.47 bits per heavy atom. The predicted molar refractivity (Wildman–Crippen MR) is 61.0 cm³/mol. The molecule has 0 radical (unpaired) electrons. The lowest BCUT2D eigenvalue weighted by Crippen LogP contribution is -2.43. The molecular weight excluding hydrogens is 190 g/mol. The highest BCUT2D eigenvalue weighted by atomic mass is 16.4. The minimum Gasteiger partial charge on any atom is -0.481 e. The number of carboxylic acid groups (broad SMARTS) is 1. The van der Waals surface area contributed by atoms with Crippen molar-refractivity contribution in [1.82, 2.24) is 4.90 Å². The maximum atomic E-state index is 10.7. The highest BCUT2D eigenvalue weighted by Gasteiger charge is 2.24. The van der Waals surface area contributed by atoms with Crippen molar-refractivity contribution in [2.75, 3.05) is 6.54 Å². The summed E-state index contributed by atoms with van der Waals surface area (Å²) in [6.07, 6.45) is 6.73. The van der Waals surface area contributed by atoms with Crippen LogP contribution < -0.4 is 0 Å². The van der Waals surface area contributed by atoms with Crippen LogP contribution >= 0.6 is 0 Å². The van der Waals surface area contributed by atoms with Gasteiger partial charge in [0.05, 0.1) is 6.42 Å². The molecule has 0 amide bonds. The van der Waals surface area contributed by atoms with Gasteiger partial charge in [0.25, 0.3) is 0 Å². The van der Waals surface area contributed by atoms with Gasteiger partial charge in [-0.1, -0.05) is 26.2 Å². The third kappa shape index (κ3) is 3.82. The minimum absolute atomic E-state index is 0.176. The summed E-state index contributed by atoms with van der Waals surface area (Å²) in [5.74, 6) is -0.684. The first-order chi connectivity index (χ1) is 7.15. The molecule has 1 aliphatic carbocycles. The monoisotopic (exact) mass is 213 g/mol. The molecule has 1 unspecified atom stereocenters. The van der Waals surface area contributed by atoms with Gasteiger partial charge in [-0.15, -0.1) is 0 Å². The van der Waals surface area contributed by atoms with E-state index in [0.717, 1.165) is 6.54 Å². The Balaban J connectivity index is 2.48. The Morgan fingerprint density at radius 1 is 1.40 bits per heavy atom. The van der Waals surface area contributed by atoms with Crippen LogP contribution in [0.15, 0.2) is 0 Å². The molecule has 1 aliphatic rings. The molecule has 1 fully saturated rings. The van der Waals surface area contributed by atoms with Gasteiger partial charge in [-0.05, 0) is 26.3 Å². The van der Waals surface area contributed by atoms with Crippen LogP contribution in [-0.2, 0) is 4.79 Å². The normalized spacial score (nSPS) is 20.5. The first-order valence-electron chi connectivity index (χ1n) is 6.12. The summed E-state index contributed by atoms with van der Waals surface area (Å²) in [5, 5.41) is 8.80. The van der Waals surface area contributed by atoms with E-state index in [9.17, 15) is 4.79 Å². The number of hydrogen-bond donors (Lipinski definition) is 1. The molecule has 88 valence electrons. The fraction of sp³-hybridized carbons (Fsp3) is 0.917. The Morgan fingerprint density at radius 2 is 2.00 bits per heavy atom. The van der Waals surface area contributed by atoms with Gasteiger partial charge in [-0.2, -0.15) is 0 Å². The average molecular weight is 213 g/mol. The lowest BCUT2D eigenvalue weighted by molar-refractivity contribution is -0.138. The van der Waals surface area contributed by atoms with Crippen molar-refractivity contribution in [2.45, 2.75) is 64.5 Å². The van der Waals surface area contributed by atoms with Crippen LogP contribution in [0.25, 0.3) is 0 Å². The summed E-state index contributed by atoms with van der Waals surface area (Å²) < 4.78 is 0. The predicted octanol–water partition coefficient (Wildman–Crippen LogP) is 2.50. The van der Waals surface area contributed by atoms with E-state index >= 15 is 0 Å². The second-order valence-electron chi connectivity index (χ2n) is 4.57. The summed E-state index contributed by atoms with van der Waals surface area (Å²) in [5.41, 5.74) is 0. The number of hydrogen-bond acceptors (Lipinski definition) is 2. The summed E-state index contributed by atoms with van der Waals surface area (Å²) in [4.78, 5) is 13.1. The highest BCUT2D eigenvalue weighted by molar-refractivity contribution is 5.67. The van der Waals surface area contributed by atoms with E-state index in [1.54, 1.807) is 0 Å². The van der Waals surface area contributed by atoms with E-state index in [2.05, 4.69) is 11.8 Å². The smallest absolute Gasteiger partial charge is 0.304 e. The fourth-order valence-electron chi connectivity index (χ4n) is 2.71. The van der Waals surface area contributed by atoms with Crippen molar-refractivity contribution in [3.63, 3.8) is 0 Å². The second kappa shape index (κ2) is 6.11. The molecule has 1 atom stereocenters. The number of rotatable bonds is 5. The summed E-state index contributed by atoms with van der Waals surface area (Å²) in [7, 11) is 0. The SMILES string of the molecule is CCN(C(C)CC(=O)O)C1CCCCC1. The van der Waals surface area contributed by atoms with E-state index < -0.39 is 5.97 Å². The molecule has 0 aliphatic heterocycles. The molecule has 0 heterocycles. The van der Waals surface area contributed by atoms with Crippen molar-refractivity contribution in [3.8, 4) is 0 Å². The lowest BCUT2D eigenvalue weighted by atomic mass is 9.93. The van der Waals surface area contributed by atoms with E-state index in [1.807, 2.05) is 6.92 Å². The number of carboxylic acids is 1. The zero-order valence-electron chi connectivity index (χ0n) is 9.91.